The summed E-state index contributed by atoms with van der Waals surface area (Å²) in [6.45, 7) is 9.30. The Balaban J connectivity index is 1.77. The minimum atomic E-state index is -4.43. The first-order chi connectivity index (χ1) is 15.2. The van der Waals surface area contributed by atoms with Crippen LogP contribution in [-0.2, 0) is 22.3 Å². The first-order valence-electron chi connectivity index (χ1n) is 10.9. The van der Waals surface area contributed by atoms with Gasteiger partial charge in [0.25, 0.3) is 0 Å². The van der Waals surface area contributed by atoms with Crippen LogP contribution in [0, 0.1) is 0 Å². The summed E-state index contributed by atoms with van der Waals surface area (Å²) in [5.41, 5.74) is -0.627. The summed E-state index contributed by atoms with van der Waals surface area (Å²) in [6, 6.07) is 4.38. The number of amides is 2. The van der Waals surface area contributed by atoms with Gasteiger partial charge < -0.3 is 10.2 Å². The van der Waals surface area contributed by atoms with Crippen LogP contribution in [0.4, 0.5) is 13.2 Å². The average Bonchev–Trinajstić information content (AvgIpc) is 3.14. The van der Waals surface area contributed by atoms with Crippen LogP contribution in [0.1, 0.15) is 43.2 Å². The lowest BCUT2D eigenvalue weighted by Crippen LogP contribution is -2.57. The average molecular weight is 450 g/mol. The molecular formula is C24H30F3N3O2. The Labute approximate surface area is 186 Å². The number of hydrogen-bond acceptors (Lipinski definition) is 3. The smallest absolute Gasteiger partial charge is 0.353 e. The fourth-order valence-corrected chi connectivity index (χ4v) is 4.90. The van der Waals surface area contributed by atoms with E-state index < -0.39 is 17.8 Å². The summed E-state index contributed by atoms with van der Waals surface area (Å²) in [5.74, 6) is -0.392. The number of hydrogen-bond donors (Lipinski definition) is 1. The molecular weight excluding hydrogens is 419 g/mol. The molecule has 0 saturated carbocycles. The Morgan fingerprint density at radius 1 is 1.22 bits per heavy atom. The quantitative estimate of drug-likeness (QED) is 0.613. The highest BCUT2D eigenvalue weighted by Gasteiger charge is 2.43. The molecule has 0 bridgehead atoms. The molecule has 0 unspecified atom stereocenters. The van der Waals surface area contributed by atoms with Crippen molar-refractivity contribution in [3.05, 3.63) is 60.7 Å². The number of alkyl halides is 3. The second kappa shape index (κ2) is 9.90. The van der Waals surface area contributed by atoms with Crippen molar-refractivity contribution in [2.24, 2.45) is 0 Å². The van der Waals surface area contributed by atoms with Crippen molar-refractivity contribution >= 4 is 11.8 Å². The molecule has 1 atom stereocenters. The van der Waals surface area contributed by atoms with E-state index in [1.54, 1.807) is 11.0 Å². The number of carbonyl (C=O) groups is 2. The third-order valence-corrected chi connectivity index (χ3v) is 6.40. The van der Waals surface area contributed by atoms with E-state index in [4.69, 9.17) is 0 Å². The van der Waals surface area contributed by atoms with E-state index >= 15 is 0 Å². The summed E-state index contributed by atoms with van der Waals surface area (Å²) in [4.78, 5) is 29.6. The van der Waals surface area contributed by atoms with Gasteiger partial charge in [-0.1, -0.05) is 30.4 Å². The molecule has 2 aliphatic heterocycles. The number of piperazine rings is 1. The molecule has 5 nitrogen and oxygen atoms in total. The molecule has 3 rings (SSSR count). The van der Waals surface area contributed by atoms with Crippen LogP contribution in [0.3, 0.4) is 0 Å². The van der Waals surface area contributed by atoms with Gasteiger partial charge in [0.1, 0.15) is 0 Å². The minimum absolute atomic E-state index is 0.0131. The van der Waals surface area contributed by atoms with Gasteiger partial charge in [0.15, 0.2) is 0 Å². The van der Waals surface area contributed by atoms with Gasteiger partial charge in [-0.3, -0.25) is 14.5 Å². The predicted octanol–water partition coefficient (Wildman–Crippen LogP) is 3.91. The standard InChI is InChI=1S/C24H30F3N3O2/c1-3-9-23(10-4-2)11-6-13-30(23)21(31)16-20-22(32)28-12-14-29(20)17-18-7-5-8-19(15-18)24(25,26)27/h3-5,7-8,15,20H,1-2,6,9-14,16-17H2,(H,28,32)/t20-/m0/s1. The van der Waals surface area contributed by atoms with Crippen LogP contribution in [0.5, 0.6) is 0 Å². The third-order valence-electron chi connectivity index (χ3n) is 6.40. The van der Waals surface area contributed by atoms with Crippen molar-refractivity contribution in [1.82, 2.24) is 15.1 Å². The molecule has 0 radical (unpaired) electrons. The molecule has 2 heterocycles. The maximum atomic E-state index is 13.3. The lowest BCUT2D eigenvalue weighted by Gasteiger charge is -2.40. The van der Waals surface area contributed by atoms with Crippen molar-refractivity contribution in [2.45, 2.75) is 56.4 Å². The van der Waals surface area contributed by atoms with Gasteiger partial charge in [0, 0.05) is 31.7 Å². The molecule has 174 valence electrons. The van der Waals surface area contributed by atoms with E-state index in [-0.39, 0.29) is 30.3 Å². The number of nitrogens with zero attached hydrogens (tertiary/aromatic N) is 2. The highest BCUT2D eigenvalue weighted by Crippen LogP contribution is 2.37. The summed E-state index contributed by atoms with van der Waals surface area (Å²) in [5, 5.41) is 2.79. The zero-order valence-corrected chi connectivity index (χ0v) is 18.2. The number of halogens is 3. The van der Waals surface area contributed by atoms with Crippen LogP contribution in [0.2, 0.25) is 0 Å². The molecule has 0 spiro atoms. The van der Waals surface area contributed by atoms with Crippen LogP contribution in [0.15, 0.2) is 49.6 Å². The lowest BCUT2D eigenvalue weighted by atomic mass is 9.87. The predicted molar refractivity (Wildman–Crippen MR) is 117 cm³/mol. The second-order valence-corrected chi connectivity index (χ2v) is 8.54. The monoisotopic (exact) mass is 449 g/mol. The number of nitrogens with one attached hydrogen (secondary N) is 1. The van der Waals surface area contributed by atoms with E-state index in [0.717, 1.165) is 25.0 Å². The maximum absolute atomic E-state index is 13.3. The number of benzene rings is 1. The highest BCUT2D eigenvalue weighted by atomic mass is 19.4. The Kier molecular flexibility index (Phi) is 7.44. The molecule has 32 heavy (non-hydrogen) atoms. The zero-order chi connectivity index (χ0) is 23.4. The van der Waals surface area contributed by atoms with Gasteiger partial charge in [-0.05, 0) is 37.3 Å². The van der Waals surface area contributed by atoms with Crippen molar-refractivity contribution in [3.8, 4) is 0 Å². The summed E-state index contributed by atoms with van der Waals surface area (Å²) in [6.07, 6.45) is 2.19. The lowest BCUT2D eigenvalue weighted by molar-refractivity contribution is -0.141. The number of likely N-dealkylation sites (tertiary alicyclic amines) is 1. The first kappa shape index (κ1) is 24.0. The summed E-state index contributed by atoms with van der Waals surface area (Å²) < 4.78 is 39.3. The van der Waals surface area contributed by atoms with Crippen LogP contribution < -0.4 is 5.32 Å². The van der Waals surface area contributed by atoms with Gasteiger partial charge in [0.05, 0.1) is 18.0 Å². The van der Waals surface area contributed by atoms with Crippen LogP contribution in [-0.4, -0.2) is 52.8 Å². The Hall–Kier alpha value is -2.61. The molecule has 8 heteroatoms. The first-order valence-corrected chi connectivity index (χ1v) is 10.9. The van der Waals surface area contributed by atoms with Crippen molar-refractivity contribution in [3.63, 3.8) is 0 Å². The topological polar surface area (TPSA) is 52.7 Å². The van der Waals surface area contributed by atoms with Crippen molar-refractivity contribution < 1.29 is 22.8 Å². The Bertz CT molecular complexity index is 858. The molecule has 2 amide bonds. The molecule has 2 fully saturated rings. The largest absolute Gasteiger partial charge is 0.416 e. The Morgan fingerprint density at radius 2 is 1.94 bits per heavy atom. The third kappa shape index (κ3) is 5.23. The van der Waals surface area contributed by atoms with Gasteiger partial charge in [-0.2, -0.15) is 13.2 Å². The zero-order valence-electron chi connectivity index (χ0n) is 18.2. The van der Waals surface area contributed by atoms with E-state index in [9.17, 15) is 22.8 Å². The van der Waals surface area contributed by atoms with Crippen LogP contribution in [0.25, 0.3) is 0 Å². The second-order valence-electron chi connectivity index (χ2n) is 8.54. The Morgan fingerprint density at radius 3 is 2.59 bits per heavy atom. The molecule has 1 aromatic rings. The van der Waals surface area contributed by atoms with E-state index in [1.807, 2.05) is 17.1 Å². The van der Waals surface area contributed by atoms with E-state index in [0.29, 0.717) is 38.0 Å². The molecule has 0 aromatic heterocycles. The molecule has 0 aliphatic carbocycles. The molecule has 2 aliphatic rings. The maximum Gasteiger partial charge on any atom is 0.416 e. The number of rotatable bonds is 8. The molecule has 1 aromatic carbocycles. The van der Waals surface area contributed by atoms with Gasteiger partial charge >= 0.3 is 6.18 Å². The van der Waals surface area contributed by atoms with Crippen molar-refractivity contribution in [1.29, 1.82) is 0 Å². The molecule has 2 saturated heterocycles. The summed E-state index contributed by atoms with van der Waals surface area (Å²) >= 11 is 0. The van der Waals surface area contributed by atoms with Gasteiger partial charge in [-0.25, -0.2) is 0 Å². The minimum Gasteiger partial charge on any atom is -0.353 e. The normalized spacial score (nSPS) is 21.3. The van der Waals surface area contributed by atoms with E-state index in [1.165, 1.54) is 6.07 Å². The van der Waals surface area contributed by atoms with Gasteiger partial charge in [-0.15, -0.1) is 13.2 Å². The fourth-order valence-electron chi connectivity index (χ4n) is 4.90. The summed E-state index contributed by atoms with van der Waals surface area (Å²) in [7, 11) is 0. The van der Waals surface area contributed by atoms with E-state index in [2.05, 4.69) is 18.5 Å². The molecule has 1 N–H and O–H groups in total. The van der Waals surface area contributed by atoms with Gasteiger partial charge in [0.2, 0.25) is 11.8 Å². The highest BCUT2D eigenvalue weighted by molar-refractivity contribution is 5.89. The van der Waals surface area contributed by atoms with Crippen molar-refractivity contribution in [2.75, 3.05) is 19.6 Å². The fraction of sp³-hybridized carbons (Fsp3) is 0.500. The number of carbonyl (C=O) groups excluding carboxylic acids is 2. The SMILES string of the molecule is C=CCC1(CC=C)CCCN1C(=O)C[C@H]1C(=O)NCCN1Cc1cccc(C(F)(F)F)c1. The van der Waals surface area contributed by atoms with Crippen LogP contribution >= 0.6 is 0 Å².